The molecular weight excluding hydrogens is 371 g/mol. The molecule has 1 aromatic carbocycles. The average molecular weight is 388 g/mol. The van der Waals surface area contributed by atoms with Crippen LogP contribution in [0.1, 0.15) is 12.8 Å². The van der Waals surface area contributed by atoms with Gasteiger partial charge in [0.25, 0.3) is 0 Å². The van der Waals surface area contributed by atoms with Crippen LogP contribution in [0.15, 0.2) is 27.6 Å². The maximum atomic E-state index is 13.8. The number of nitrogens with one attached hydrogen (secondary N) is 2. The van der Waals surface area contributed by atoms with Crippen molar-refractivity contribution in [1.29, 1.82) is 0 Å². The molecule has 1 heterocycles. The molecule has 0 amide bonds. The summed E-state index contributed by atoms with van der Waals surface area (Å²) in [6.07, 6.45) is 2.02. The molecule has 1 fully saturated rings. The summed E-state index contributed by atoms with van der Waals surface area (Å²) < 4.78 is 40.5. The predicted octanol–water partition coefficient (Wildman–Crippen LogP) is 2.29. The van der Waals surface area contributed by atoms with Gasteiger partial charge in [0.05, 0.1) is 4.47 Å². The monoisotopic (exact) mass is 386 g/mol. The molecule has 2 N–H and O–H groups in total. The third-order valence-electron chi connectivity index (χ3n) is 3.17. The lowest BCUT2D eigenvalue weighted by atomic mass is 10.0. The number of hydrogen-bond acceptors (Lipinski definition) is 3. The topological polar surface area (TPSA) is 58.2 Å². The minimum absolute atomic E-state index is 0. The molecule has 114 valence electrons. The van der Waals surface area contributed by atoms with Gasteiger partial charge in [-0.2, -0.15) is 0 Å². The van der Waals surface area contributed by atoms with E-state index in [4.69, 9.17) is 0 Å². The third-order valence-corrected chi connectivity index (χ3v) is 5.22. The van der Waals surface area contributed by atoms with Gasteiger partial charge in [0.15, 0.2) is 5.82 Å². The van der Waals surface area contributed by atoms with E-state index >= 15 is 0 Å². The van der Waals surface area contributed by atoms with Crippen LogP contribution in [-0.2, 0) is 10.0 Å². The van der Waals surface area contributed by atoms with E-state index in [1.807, 2.05) is 0 Å². The Morgan fingerprint density at radius 1 is 1.45 bits per heavy atom. The van der Waals surface area contributed by atoms with Crippen LogP contribution in [0, 0.1) is 11.7 Å². The smallest absolute Gasteiger partial charge is 0.243 e. The zero-order valence-electron chi connectivity index (χ0n) is 10.7. The van der Waals surface area contributed by atoms with Crippen LogP contribution in [-0.4, -0.2) is 28.1 Å². The molecule has 0 bridgehead atoms. The van der Waals surface area contributed by atoms with E-state index in [9.17, 15) is 12.8 Å². The minimum Gasteiger partial charge on any atom is -0.316 e. The highest BCUT2D eigenvalue weighted by Crippen LogP contribution is 2.22. The van der Waals surface area contributed by atoms with Crippen molar-refractivity contribution in [2.45, 2.75) is 17.7 Å². The Hall–Kier alpha value is -0.210. The molecule has 0 aromatic heterocycles. The Morgan fingerprint density at radius 2 is 2.20 bits per heavy atom. The standard InChI is InChI=1S/C12H16BrFN2O2S.ClH/c13-10-4-1-5-11(12(10)14)19(17,18)16-8-9-3-2-6-15-7-9;/h1,4-5,9,15-16H,2-3,6-8H2;1H. The van der Waals surface area contributed by atoms with Gasteiger partial charge in [0.1, 0.15) is 4.90 Å². The first-order valence-electron chi connectivity index (χ1n) is 6.15. The van der Waals surface area contributed by atoms with Crippen LogP contribution in [0.3, 0.4) is 0 Å². The Morgan fingerprint density at radius 3 is 2.85 bits per heavy atom. The zero-order valence-corrected chi connectivity index (χ0v) is 14.0. The number of benzene rings is 1. The van der Waals surface area contributed by atoms with Crippen LogP contribution < -0.4 is 10.0 Å². The van der Waals surface area contributed by atoms with Crippen LogP contribution in [0.2, 0.25) is 0 Å². The van der Waals surface area contributed by atoms with Gasteiger partial charge in [-0.1, -0.05) is 6.07 Å². The molecule has 0 aliphatic carbocycles. The first-order valence-corrected chi connectivity index (χ1v) is 8.43. The van der Waals surface area contributed by atoms with Gasteiger partial charge in [0.2, 0.25) is 10.0 Å². The van der Waals surface area contributed by atoms with E-state index in [1.165, 1.54) is 18.2 Å². The fraction of sp³-hybridized carbons (Fsp3) is 0.500. The summed E-state index contributed by atoms with van der Waals surface area (Å²) in [6.45, 7) is 2.11. The van der Waals surface area contributed by atoms with Crippen molar-refractivity contribution >= 4 is 38.4 Å². The molecule has 1 atom stereocenters. The second-order valence-electron chi connectivity index (χ2n) is 4.62. The Kier molecular flexibility index (Phi) is 6.87. The van der Waals surface area contributed by atoms with Crippen LogP contribution >= 0.6 is 28.3 Å². The molecule has 0 saturated carbocycles. The highest BCUT2D eigenvalue weighted by Gasteiger charge is 2.22. The average Bonchev–Trinajstić information content (AvgIpc) is 2.41. The van der Waals surface area contributed by atoms with Gasteiger partial charge < -0.3 is 5.32 Å². The van der Waals surface area contributed by atoms with Crippen molar-refractivity contribution in [3.8, 4) is 0 Å². The molecule has 0 spiro atoms. The Labute approximate surface area is 133 Å². The van der Waals surface area contributed by atoms with Crippen molar-refractivity contribution in [2.75, 3.05) is 19.6 Å². The van der Waals surface area contributed by atoms with Gasteiger partial charge in [-0.3, -0.25) is 0 Å². The number of piperidine rings is 1. The molecule has 4 nitrogen and oxygen atoms in total. The number of sulfonamides is 1. The quantitative estimate of drug-likeness (QED) is 0.833. The first-order chi connectivity index (χ1) is 9.00. The molecule has 1 aliphatic heterocycles. The molecule has 1 saturated heterocycles. The van der Waals surface area contributed by atoms with E-state index in [0.717, 1.165) is 25.9 Å². The summed E-state index contributed by atoms with van der Waals surface area (Å²) >= 11 is 2.99. The first kappa shape index (κ1) is 17.8. The lowest BCUT2D eigenvalue weighted by Gasteiger charge is -2.22. The van der Waals surface area contributed by atoms with Gasteiger partial charge in [0, 0.05) is 6.54 Å². The van der Waals surface area contributed by atoms with Gasteiger partial charge in [-0.05, 0) is 59.9 Å². The largest absolute Gasteiger partial charge is 0.316 e. The lowest BCUT2D eigenvalue weighted by molar-refractivity contribution is 0.375. The zero-order chi connectivity index (χ0) is 13.9. The molecule has 8 heteroatoms. The fourth-order valence-electron chi connectivity index (χ4n) is 2.10. The fourth-order valence-corrected chi connectivity index (χ4v) is 3.81. The highest BCUT2D eigenvalue weighted by molar-refractivity contribution is 9.10. The van der Waals surface area contributed by atoms with Crippen molar-refractivity contribution in [3.63, 3.8) is 0 Å². The van der Waals surface area contributed by atoms with Gasteiger partial charge in [-0.25, -0.2) is 17.5 Å². The Balaban J connectivity index is 0.00000200. The van der Waals surface area contributed by atoms with E-state index in [-0.39, 0.29) is 27.7 Å². The molecule has 2 rings (SSSR count). The van der Waals surface area contributed by atoms with Crippen LogP contribution in [0.5, 0.6) is 0 Å². The minimum atomic E-state index is -3.80. The maximum Gasteiger partial charge on any atom is 0.243 e. The van der Waals surface area contributed by atoms with Crippen molar-refractivity contribution in [3.05, 3.63) is 28.5 Å². The van der Waals surface area contributed by atoms with E-state index in [1.54, 1.807) is 0 Å². The molecule has 1 unspecified atom stereocenters. The molecular formula is C12H17BrClFN2O2S. The highest BCUT2D eigenvalue weighted by atomic mass is 79.9. The van der Waals surface area contributed by atoms with Gasteiger partial charge in [-0.15, -0.1) is 12.4 Å². The summed E-state index contributed by atoms with van der Waals surface area (Å²) in [4.78, 5) is -0.314. The summed E-state index contributed by atoms with van der Waals surface area (Å²) in [5.41, 5.74) is 0. The van der Waals surface area contributed by atoms with Crippen molar-refractivity contribution in [1.82, 2.24) is 10.0 Å². The van der Waals surface area contributed by atoms with E-state index in [2.05, 4.69) is 26.0 Å². The second kappa shape index (κ2) is 7.70. The molecule has 1 aromatic rings. The van der Waals surface area contributed by atoms with E-state index in [0.29, 0.717) is 6.54 Å². The summed E-state index contributed by atoms with van der Waals surface area (Å²) in [6, 6.07) is 4.24. The third kappa shape index (κ3) is 4.39. The SMILES string of the molecule is Cl.O=S(=O)(NCC1CCCNC1)c1cccc(Br)c1F. The van der Waals surface area contributed by atoms with Crippen LogP contribution in [0.4, 0.5) is 4.39 Å². The van der Waals surface area contributed by atoms with Crippen molar-refractivity contribution in [2.24, 2.45) is 5.92 Å². The molecule has 0 radical (unpaired) electrons. The predicted molar refractivity (Wildman–Crippen MR) is 82.1 cm³/mol. The summed E-state index contributed by atoms with van der Waals surface area (Å²) in [5.74, 6) is -0.490. The number of rotatable bonds is 4. The number of hydrogen-bond donors (Lipinski definition) is 2. The molecule has 20 heavy (non-hydrogen) atoms. The van der Waals surface area contributed by atoms with Crippen molar-refractivity contribution < 1.29 is 12.8 Å². The maximum absolute atomic E-state index is 13.8. The lowest BCUT2D eigenvalue weighted by Crippen LogP contribution is -2.38. The normalized spacial score (nSPS) is 19.4. The summed E-state index contributed by atoms with van der Waals surface area (Å²) in [7, 11) is -3.80. The van der Waals surface area contributed by atoms with Gasteiger partial charge >= 0.3 is 0 Å². The van der Waals surface area contributed by atoms with E-state index < -0.39 is 15.8 Å². The second-order valence-corrected chi connectivity index (χ2v) is 7.21. The number of halogens is 3. The Bertz CT molecular complexity index is 550. The van der Waals surface area contributed by atoms with Crippen LogP contribution in [0.25, 0.3) is 0 Å². The molecule has 1 aliphatic rings. The summed E-state index contributed by atoms with van der Waals surface area (Å²) in [5, 5.41) is 3.21.